The minimum Gasteiger partial charge on any atom is -0.0795 e. The molecule has 0 saturated carbocycles. The summed E-state index contributed by atoms with van der Waals surface area (Å²) in [6.07, 6.45) is 4.05. The normalized spacial score (nSPS) is 13.6. The summed E-state index contributed by atoms with van der Waals surface area (Å²) in [6, 6.07) is 0. The molecule has 0 spiro atoms. The Bertz CT molecular complexity index is 89.0. The van der Waals surface area contributed by atoms with Crippen molar-refractivity contribution in [3.8, 4) is 0 Å². The fourth-order valence-corrected chi connectivity index (χ4v) is 1.42. The second kappa shape index (κ2) is 4.11. The molecule has 0 nitrogen and oxygen atoms in total. The molecule has 0 N–H and O–H groups in total. The molecule has 0 atom stereocenters. The van der Waals surface area contributed by atoms with Gasteiger partial charge in [0.2, 0.25) is 0 Å². The zero-order valence-corrected chi connectivity index (χ0v) is 10.7. The van der Waals surface area contributed by atoms with Crippen molar-refractivity contribution in [1.29, 1.82) is 0 Å². The molecule has 0 heterocycles. The van der Waals surface area contributed by atoms with E-state index >= 15 is 0 Å². The van der Waals surface area contributed by atoms with Gasteiger partial charge in [0, 0.05) is 3.42 Å². The van der Waals surface area contributed by atoms with Crippen molar-refractivity contribution in [2.24, 2.45) is 5.41 Å². The molecule has 0 aromatic heterocycles. The predicted molar refractivity (Wildman–Crippen MR) is 61.4 cm³/mol. The van der Waals surface area contributed by atoms with Gasteiger partial charge in [-0.15, -0.1) is 0 Å². The molecule has 0 rings (SSSR count). The molecule has 0 aromatic rings. The molecule has 11 heavy (non-hydrogen) atoms. The Kier molecular flexibility index (Phi) is 4.38. The lowest BCUT2D eigenvalue weighted by molar-refractivity contribution is 0.354. The smallest absolute Gasteiger partial charge is 0.0166 e. The molecule has 0 aromatic carbocycles. The van der Waals surface area contributed by atoms with Crippen molar-refractivity contribution >= 4 is 22.6 Å². The van der Waals surface area contributed by atoms with E-state index in [0.717, 1.165) is 0 Å². The van der Waals surface area contributed by atoms with Crippen molar-refractivity contribution in [3.63, 3.8) is 0 Å². The van der Waals surface area contributed by atoms with Gasteiger partial charge < -0.3 is 0 Å². The Hall–Kier alpha value is 0.730. The van der Waals surface area contributed by atoms with E-state index in [1.54, 1.807) is 0 Å². The van der Waals surface area contributed by atoms with Crippen LogP contribution in [0.4, 0.5) is 0 Å². The van der Waals surface area contributed by atoms with Crippen molar-refractivity contribution in [3.05, 3.63) is 0 Å². The first-order valence-corrected chi connectivity index (χ1v) is 5.47. The van der Waals surface area contributed by atoms with Crippen LogP contribution >= 0.6 is 22.6 Å². The number of hydrogen-bond donors (Lipinski definition) is 0. The van der Waals surface area contributed by atoms with Crippen molar-refractivity contribution in [2.45, 2.75) is 57.3 Å². The highest BCUT2D eigenvalue weighted by Crippen LogP contribution is 2.28. The van der Waals surface area contributed by atoms with E-state index in [1.165, 1.54) is 19.3 Å². The van der Waals surface area contributed by atoms with Gasteiger partial charge in [0.15, 0.2) is 0 Å². The molecule has 0 radical (unpaired) electrons. The average molecular weight is 268 g/mol. The molecule has 68 valence electrons. The van der Waals surface area contributed by atoms with Crippen LogP contribution in [-0.2, 0) is 0 Å². The third kappa shape index (κ3) is 10.7. The number of rotatable bonds is 3. The molecule has 0 bridgehead atoms. The summed E-state index contributed by atoms with van der Waals surface area (Å²) in [7, 11) is 0. The van der Waals surface area contributed by atoms with Gasteiger partial charge in [-0.25, -0.2) is 0 Å². The van der Waals surface area contributed by atoms with Crippen LogP contribution in [0.1, 0.15) is 53.9 Å². The van der Waals surface area contributed by atoms with Crippen LogP contribution < -0.4 is 0 Å². The Morgan fingerprint density at radius 3 is 1.64 bits per heavy atom. The Labute approximate surface area is 85.3 Å². The number of hydrogen-bond acceptors (Lipinski definition) is 0. The fourth-order valence-electron chi connectivity index (χ4n) is 1.04. The predicted octanol–water partition coefficient (Wildman–Crippen LogP) is 4.42. The number of halogens is 1. The number of alkyl halides is 1. The summed E-state index contributed by atoms with van der Waals surface area (Å²) in [4.78, 5) is 0. The molecular weight excluding hydrogens is 247 g/mol. The quantitative estimate of drug-likeness (QED) is 0.525. The first-order valence-electron chi connectivity index (χ1n) is 4.40. The van der Waals surface area contributed by atoms with Crippen LogP contribution in [0.3, 0.4) is 0 Å². The summed E-state index contributed by atoms with van der Waals surface area (Å²) in [5.74, 6) is 0. The van der Waals surface area contributed by atoms with Gasteiger partial charge >= 0.3 is 0 Å². The Balaban J connectivity index is 3.44. The summed E-state index contributed by atoms with van der Waals surface area (Å²) >= 11 is 2.53. The Morgan fingerprint density at radius 2 is 1.36 bits per heavy atom. The average Bonchev–Trinajstić information content (AvgIpc) is 1.55. The molecule has 0 aliphatic rings. The van der Waals surface area contributed by atoms with Gasteiger partial charge in [0.1, 0.15) is 0 Å². The van der Waals surface area contributed by atoms with E-state index in [2.05, 4.69) is 57.2 Å². The third-order valence-corrected chi connectivity index (χ3v) is 2.24. The fraction of sp³-hybridized carbons (Fsp3) is 1.00. The lowest BCUT2D eigenvalue weighted by atomic mass is 9.88. The van der Waals surface area contributed by atoms with E-state index < -0.39 is 0 Å². The van der Waals surface area contributed by atoms with Crippen LogP contribution in [0, 0.1) is 5.41 Å². The zero-order valence-electron chi connectivity index (χ0n) is 8.50. The van der Waals surface area contributed by atoms with Crippen LogP contribution in [0.2, 0.25) is 0 Å². The van der Waals surface area contributed by atoms with E-state index in [0.29, 0.717) is 8.84 Å². The summed E-state index contributed by atoms with van der Waals surface area (Å²) in [6.45, 7) is 11.5. The molecule has 0 saturated heterocycles. The van der Waals surface area contributed by atoms with E-state index in [-0.39, 0.29) is 0 Å². The lowest BCUT2D eigenvalue weighted by Crippen LogP contribution is -2.11. The van der Waals surface area contributed by atoms with Gasteiger partial charge in [0.05, 0.1) is 0 Å². The van der Waals surface area contributed by atoms with E-state index in [4.69, 9.17) is 0 Å². The SMILES string of the molecule is CC(C)(C)CCCC(C)(C)I. The van der Waals surface area contributed by atoms with Gasteiger partial charge in [-0.05, 0) is 18.3 Å². The van der Waals surface area contributed by atoms with Gasteiger partial charge in [-0.3, -0.25) is 0 Å². The van der Waals surface area contributed by atoms with Gasteiger partial charge in [-0.1, -0.05) is 63.6 Å². The molecule has 0 aliphatic heterocycles. The van der Waals surface area contributed by atoms with Gasteiger partial charge in [-0.2, -0.15) is 0 Å². The standard InChI is InChI=1S/C10H21I/c1-9(2,3)7-6-8-10(4,5)11/h6-8H2,1-5H3. The first kappa shape index (κ1) is 11.7. The van der Waals surface area contributed by atoms with Crippen molar-refractivity contribution < 1.29 is 0 Å². The van der Waals surface area contributed by atoms with Crippen molar-refractivity contribution in [1.82, 2.24) is 0 Å². The lowest BCUT2D eigenvalue weighted by Gasteiger charge is -2.21. The minimum absolute atomic E-state index is 0.489. The second-order valence-corrected chi connectivity index (χ2v) is 8.05. The highest BCUT2D eigenvalue weighted by atomic mass is 127. The van der Waals surface area contributed by atoms with Crippen LogP contribution in [0.5, 0.6) is 0 Å². The van der Waals surface area contributed by atoms with Crippen LogP contribution in [0.15, 0.2) is 0 Å². The molecular formula is C10H21I. The largest absolute Gasteiger partial charge is 0.0795 e. The van der Waals surface area contributed by atoms with E-state index in [1.807, 2.05) is 0 Å². The van der Waals surface area contributed by atoms with Crippen LogP contribution in [0.25, 0.3) is 0 Å². The topological polar surface area (TPSA) is 0 Å². The highest BCUT2D eigenvalue weighted by molar-refractivity contribution is 14.1. The second-order valence-electron chi connectivity index (χ2n) is 5.13. The zero-order chi connectivity index (χ0) is 9.12. The monoisotopic (exact) mass is 268 g/mol. The van der Waals surface area contributed by atoms with Gasteiger partial charge in [0.25, 0.3) is 0 Å². The summed E-state index contributed by atoms with van der Waals surface area (Å²) < 4.78 is 0.489. The molecule has 0 fully saturated rings. The van der Waals surface area contributed by atoms with Crippen molar-refractivity contribution in [2.75, 3.05) is 0 Å². The maximum absolute atomic E-state index is 2.53. The van der Waals surface area contributed by atoms with E-state index in [9.17, 15) is 0 Å². The molecule has 0 amide bonds. The molecule has 1 heteroatoms. The highest BCUT2D eigenvalue weighted by Gasteiger charge is 2.15. The van der Waals surface area contributed by atoms with Crippen LogP contribution in [-0.4, -0.2) is 3.42 Å². The summed E-state index contributed by atoms with van der Waals surface area (Å²) in [5.41, 5.74) is 0.516. The first-order chi connectivity index (χ1) is 4.71. The summed E-state index contributed by atoms with van der Waals surface area (Å²) in [5, 5.41) is 0. The Morgan fingerprint density at radius 1 is 0.909 bits per heavy atom. The molecule has 0 aliphatic carbocycles. The maximum atomic E-state index is 2.53. The third-order valence-electron chi connectivity index (χ3n) is 1.70. The minimum atomic E-state index is 0.489. The molecule has 0 unspecified atom stereocenters. The maximum Gasteiger partial charge on any atom is 0.0166 e.